The number of benzene rings is 3. The van der Waals surface area contributed by atoms with Crippen molar-refractivity contribution in [3.8, 4) is 11.3 Å². The normalized spacial score (nSPS) is 10.8. The lowest BCUT2D eigenvalue weighted by atomic mass is 10.1. The predicted molar refractivity (Wildman–Crippen MR) is 125 cm³/mol. The van der Waals surface area contributed by atoms with Gasteiger partial charge in [0.15, 0.2) is 0 Å². The van der Waals surface area contributed by atoms with Gasteiger partial charge in [0.05, 0.1) is 16.7 Å². The van der Waals surface area contributed by atoms with E-state index in [0.29, 0.717) is 22.3 Å². The molecule has 1 heterocycles. The number of fused-ring (bicyclic) bond motifs is 1. The van der Waals surface area contributed by atoms with Crippen molar-refractivity contribution in [1.82, 2.24) is 9.55 Å². The Morgan fingerprint density at radius 3 is 2.38 bits per heavy atom. The molecule has 3 aromatic carbocycles. The summed E-state index contributed by atoms with van der Waals surface area (Å²) in [6, 6.07) is 15.1. The lowest BCUT2D eigenvalue weighted by Gasteiger charge is -2.15. The molecule has 0 saturated carbocycles. The second-order valence-corrected chi connectivity index (χ2v) is 7.72. The van der Waals surface area contributed by atoms with Gasteiger partial charge in [0.2, 0.25) is 11.8 Å². The highest BCUT2D eigenvalue weighted by molar-refractivity contribution is 5.95. The lowest BCUT2D eigenvalue weighted by molar-refractivity contribution is -0.117. The predicted octanol–water partition coefficient (Wildman–Crippen LogP) is 4.25. The quantitative estimate of drug-likeness (QED) is 0.464. The molecule has 0 aliphatic rings. The first-order valence-corrected chi connectivity index (χ1v) is 10.4. The molecule has 2 N–H and O–H groups in total. The molecule has 0 saturated heterocycles. The largest absolute Gasteiger partial charge is 0.326 e. The van der Waals surface area contributed by atoms with Crippen molar-refractivity contribution < 1.29 is 18.4 Å². The topological polar surface area (TPSA) is 93.1 Å². The Balaban J connectivity index is 1.84. The minimum atomic E-state index is -0.930. The maximum Gasteiger partial charge on any atom is 0.278 e. The summed E-state index contributed by atoms with van der Waals surface area (Å²) in [7, 11) is 0. The van der Waals surface area contributed by atoms with Gasteiger partial charge in [-0.25, -0.2) is 13.8 Å². The fourth-order valence-electron chi connectivity index (χ4n) is 3.62. The minimum absolute atomic E-state index is 0.0241. The number of aryl methyl sites for hydroxylation is 1. The second-order valence-electron chi connectivity index (χ2n) is 7.72. The molecule has 0 aliphatic heterocycles. The number of carbonyl (C=O) groups is 2. The molecule has 0 radical (unpaired) electrons. The summed E-state index contributed by atoms with van der Waals surface area (Å²) in [5.41, 5.74) is 1.24. The van der Waals surface area contributed by atoms with Crippen molar-refractivity contribution in [2.45, 2.75) is 20.4 Å². The number of anilines is 2. The Hall–Kier alpha value is -4.40. The molecule has 4 rings (SSSR count). The van der Waals surface area contributed by atoms with Crippen LogP contribution in [0.4, 0.5) is 20.2 Å². The van der Waals surface area contributed by atoms with Gasteiger partial charge in [-0.15, -0.1) is 0 Å². The highest BCUT2D eigenvalue weighted by Crippen LogP contribution is 2.27. The van der Waals surface area contributed by atoms with Crippen LogP contribution in [0.25, 0.3) is 22.3 Å². The van der Waals surface area contributed by atoms with Crippen molar-refractivity contribution in [2.75, 3.05) is 10.6 Å². The molecule has 2 amide bonds. The fraction of sp³-hybridized carbons (Fsp3) is 0.120. The van der Waals surface area contributed by atoms with Crippen LogP contribution >= 0.6 is 0 Å². The molecule has 0 spiro atoms. The summed E-state index contributed by atoms with van der Waals surface area (Å²) in [6.07, 6.45) is 0. The Morgan fingerprint density at radius 2 is 1.68 bits per heavy atom. The van der Waals surface area contributed by atoms with E-state index in [4.69, 9.17) is 0 Å². The van der Waals surface area contributed by atoms with Gasteiger partial charge >= 0.3 is 0 Å². The van der Waals surface area contributed by atoms with Gasteiger partial charge in [-0.3, -0.25) is 19.0 Å². The number of nitrogens with one attached hydrogen (secondary N) is 2. The molecule has 0 fully saturated rings. The molecule has 9 heteroatoms. The highest BCUT2D eigenvalue weighted by atomic mass is 19.1. The summed E-state index contributed by atoms with van der Waals surface area (Å²) in [5.74, 6) is -2.97. The van der Waals surface area contributed by atoms with E-state index in [-0.39, 0.29) is 11.6 Å². The Labute approximate surface area is 193 Å². The second kappa shape index (κ2) is 9.22. The van der Waals surface area contributed by atoms with Gasteiger partial charge in [0.25, 0.3) is 5.56 Å². The van der Waals surface area contributed by atoms with Crippen LogP contribution in [-0.2, 0) is 16.1 Å². The van der Waals surface area contributed by atoms with Crippen molar-refractivity contribution in [1.29, 1.82) is 0 Å². The number of hydrogen-bond donors (Lipinski definition) is 2. The van der Waals surface area contributed by atoms with Gasteiger partial charge in [-0.05, 0) is 43.3 Å². The van der Waals surface area contributed by atoms with Crippen LogP contribution in [0, 0.1) is 18.6 Å². The van der Waals surface area contributed by atoms with Crippen molar-refractivity contribution in [3.05, 3.63) is 88.2 Å². The first kappa shape index (κ1) is 22.8. The van der Waals surface area contributed by atoms with E-state index in [1.165, 1.54) is 17.6 Å². The maximum absolute atomic E-state index is 14.0. The van der Waals surface area contributed by atoms with Gasteiger partial charge < -0.3 is 10.6 Å². The zero-order chi connectivity index (χ0) is 24.4. The fourth-order valence-corrected chi connectivity index (χ4v) is 3.62. The van der Waals surface area contributed by atoms with Gasteiger partial charge in [0.1, 0.15) is 29.6 Å². The molecule has 0 atom stereocenters. The van der Waals surface area contributed by atoms with E-state index in [9.17, 15) is 23.2 Å². The summed E-state index contributed by atoms with van der Waals surface area (Å²) >= 11 is 0. The summed E-state index contributed by atoms with van der Waals surface area (Å²) < 4.78 is 29.2. The number of hydrogen-bond acceptors (Lipinski definition) is 4. The highest BCUT2D eigenvalue weighted by Gasteiger charge is 2.19. The average Bonchev–Trinajstić information content (AvgIpc) is 2.79. The average molecular weight is 462 g/mol. The lowest BCUT2D eigenvalue weighted by Crippen LogP contribution is -2.30. The van der Waals surface area contributed by atoms with Crippen molar-refractivity contribution in [3.63, 3.8) is 0 Å². The summed E-state index contributed by atoms with van der Waals surface area (Å²) in [6.45, 7) is 2.67. The number of halogens is 2. The van der Waals surface area contributed by atoms with Gasteiger partial charge in [0, 0.05) is 12.5 Å². The molecule has 0 unspecified atom stereocenters. The van der Waals surface area contributed by atoms with E-state index in [2.05, 4.69) is 15.6 Å². The number of amides is 2. The first-order valence-electron chi connectivity index (χ1n) is 10.4. The van der Waals surface area contributed by atoms with E-state index < -0.39 is 35.3 Å². The SMILES string of the molecule is CC(=O)Nc1ccc(C)cc1-c1nc2ccccc2n(CC(=O)Nc2c(F)cccc2F)c1=O. The number of nitrogens with zero attached hydrogens (tertiary/aromatic N) is 2. The third-order valence-electron chi connectivity index (χ3n) is 5.12. The number of para-hydroxylation sites is 3. The first-order chi connectivity index (χ1) is 16.2. The minimum Gasteiger partial charge on any atom is -0.326 e. The van der Waals surface area contributed by atoms with Gasteiger partial charge in [-0.2, -0.15) is 0 Å². The van der Waals surface area contributed by atoms with E-state index in [0.717, 1.165) is 17.7 Å². The Morgan fingerprint density at radius 1 is 0.971 bits per heavy atom. The smallest absolute Gasteiger partial charge is 0.278 e. The van der Waals surface area contributed by atoms with E-state index in [1.807, 2.05) is 6.92 Å². The molecule has 0 bridgehead atoms. The molecule has 172 valence electrons. The van der Waals surface area contributed by atoms with Crippen LogP contribution in [0.3, 0.4) is 0 Å². The van der Waals surface area contributed by atoms with E-state index >= 15 is 0 Å². The van der Waals surface area contributed by atoms with Crippen LogP contribution in [-0.4, -0.2) is 21.4 Å². The molecular formula is C25H20F2N4O3. The molecular weight excluding hydrogens is 442 g/mol. The zero-order valence-corrected chi connectivity index (χ0v) is 18.4. The molecule has 4 aromatic rings. The summed E-state index contributed by atoms with van der Waals surface area (Å²) in [4.78, 5) is 42.4. The van der Waals surface area contributed by atoms with Gasteiger partial charge in [-0.1, -0.05) is 29.8 Å². The van der Waals surface area contributed by atoms with Crippen molar-refractivity contribution >= 4 is 34.2 Å². The number of aromatic nitrogens is 2. The van der Waals surface area contributed by atoms with Crippen LogP contribution in [0.2, 0.25) is 0 Å². The third kappa shape index (κ3) is 4.54. The van der Waals surface area contributed by atoms with E-state index in [1.54, 1.807) is 42.5 Å². The standard InChI is InChI=1S/C25H20F2N4O3/c1-14-10-11-19(28-15(2)32)16(12-14)23-25(34)31(21-9-4-3-8-20(21)29-23)13-22(33)30-24-17(26)6-5-7-18(24)27/h3-12H,13H2,1-2H3,(H,28,32)(H,30,33). The molecule has 1 aromatic heterocycles. The van der Waals surface area contributed by atoms with Crippen LogP contribution < -0.4 is 16.2 Å². The number of carbonyl (C=O) groups excluding carboxylic acids is 2. The summed E-state index contributed by atoms with van der Waals surface area (Å²) in [5, 5.41) is 4.89. The van der Waals surface area contributed by atoms with Crippen LogP contribution in [0.15, 0.2) is 65.5 Å². The molecule has 0 aliphatic carbocycles. The molecule has 7 nitrogen and oxygen atoms in total. The Bertz CT molecular complexity index is 1480. The third-order valence-corrected chi connectivity index (χ3v) is 5.12. The Kier molecular flexibility index (Phi) is 6.18. The molecule has 34 heavy (non-hydrogen) atoms. The monoisotopic (exact) mass is 462 g/mol. The van der Waals surface area contributed by atoms with Crippen molar-refractivity contribution in [2.24, 2.45) is 0 Å². The zero-order valence-electron chi connectivity index (χ0n) is 18.4. The van der Waals surface area contributed by atoms with Crippen LogP contribution in [0.1, 0.15) is 12.5 Å². The maximum atomic E-state index is 14.0. The number of rotatable bonds is 5. The van der Waals surface area contributed by atoms with Crippen LogP contribution in [0.5, 0.6) is 0 Å².